The van der Waals surface area contributed by atoms with Crippen LogP contribution < -0.4 is 5.32 Å². The Hall–Kier alpha value is -2.04. The second-order valence-electron chi connectivity index (χ2n) is 7.48. The van der Waals surface area contributed by atoms with E-state index >= 15 is 0 Å². The third-order valence-corrected chi connectivity index (χ3v) is 5.21. The summed E-state index contributed by atoms with van der Waals surface area (Å²) in [5.41, 5.74) is 1.66. The summed E-state index contributed by atoms with van der Waals surface area (Å²) in [5.74, 6) is 0.0668. The molecule has 0 aromatic heterocycles. The predicted octanol–water partition coefficient (Wildman–Crippen LogP) is 5.12. The predicted molar refractivity (Wildman–Crippen MR) is 119 cm³/mol. The number of hydrogen-bond acceptors (Lipinski definition) is 2. The Morgan fingerprint density at radius 1 is 1.07 bits per heavy atom. The zero-order valence-corrected chi connectivity index (χ0v) is 18.6. The number of nitrogens with one attached hydrogen (secondary N) is 1. The van der Waals surface area contributed by atoms with Crippen LogP contribution in [-0.2, 0) is 22.6 Å². The Bertz CT molecular complexity index is 825. The van der Waals surface area contributed by atoms with Gasteiger partial charge in [-0.05, 0) is 35.6 Å². The maximum Gasteiger partial charge on any atom is 0.242 e. The van der Waals surface area contributed by atoms with E-state index in [-0.39, 0.29) is 24.8 Å². The number of hydrogen-bond donors (Lipinski definition) is 1. The number of carbonyl (C=O) groups is 2. The van der Waals surface area contributed by atoms with Crippen molar-refractivity contribution in [3.8, 4) is 0 Å². The minimum Gasteiger partial charge on any atom is -0.354 e. The summed E-state index contributed by atoms with van der Waals surface area (Å²) in [6.07, 6.45) is 0.732. The topological polar surface area (TPSA) is 49.4 Å². The van der Waals surface area contributed by atoms with E-state index in [0.717, 1.165) is 11.1 Å². The first-order valence-corrected chi connectivity index (χ1v) is 10.6. The van der Waals surface area contributed by atoms with E-state index in [9.17, 15) is 9.59 Å². The third kappa shape index (κ3) is 7.06. The summed E-state index contributed by atoms with van der Waals surface area (Å²) in [6.45, 7) is 6.79. The van der Waals surface area contributed by atoms with Gasteiger partial charge in [0.1, 0.15) is 6.04 Å². The zero-order chi connectivity index (χ0) is 21.4. The lowest BCUT2D eigenvalue weighted by atomic mass is 10.1. The van der Waals surface area contributed by atoms with Crippen LogP contribution in [0, 0.1) is 5.92 Å². The van der Waals surface area contributed by atoms with Gasteiger partial charge < -0.3 is 10.2 Å². The maximum absolute atomic E-state index is 13.2. The molecule has 0 saturated heterocycles. The summed E-state index contributed by atoms with van der Waals surface area (Å²) in [4.78, 5) is 27.7. The molecule has 0 fully saturated rings. The molecule has 0 aliphatic rings. The quantitative estimate of drug-likeness (QED) is 0.595. The van der Waals surface area contributed by atoms with Crippen molar-refractivity contribution in [3.63, 3.8) is 0 Å². The molecule has 0 heterocycles. The van der Waals surface area contributed by atoms with E-state index in [1.54, 1.807) is 23.1 Å². The second-order valence-corrected chi connectivity index (χ2v) is 8.33. The molecule has 0 radical (unpaired) electrons. The summed E-state index contributed by atoms with van der Waals surface area (Å²) >= 11 is 12.4. The van der Waals surface area contributed by atoms with Gasteiger partial charge >= 0.3 is 0 Å². The molecule has 0 unspecified atom stereocenters. The SMILES string of the molecule is CC[C@H](C(=O)NCC(C)C)N(Cc1ccc(Cl)cc1Cl)C(=O)Cc1ccccc1. The van der Waals surface area contributed by atoms with Gasteiger partial charge in [-0.25, -0.2) is 0 Å². The molecule has 0 saturated carbocycles. The monoisotopic (exact) mass is 434 g/mol. The van der Waals surface area contributed by atoms with Gasteiger partial charge in [0.25, 0.3) is 0 Å². The molecular weight excluding hydrogens is 407 g/mol. The van der Waals surface area contributed by atoms with E-state index in [1.165, 1.54) is 0 Å². The fourth-order valence-electron chi connectivity index (χ4n) is 3.05. The first kappa shape index (κ1) is 23.2. The van der Waals surface area contributed by atoms with Crippen LogP contribution in [0.1, 0.15) is 38.3 Å². The first-order valence-electron chi connectivity index (χ1n) is 9.86. The Morgan fingerprint density at radius 2 is 1.76 bits per heavy atom. The van der Waals surface area contributed by atoms with Crippen molar-refractivity contribution >= 4 is 35.0 Å². The van der Waals surface area contributed by atoms with E-state index in [0.29, 0.717) is 28.9 Å². The van der Waals surface area contributed by atoms with Gasteiger partial charge in [-0.15, -0.1) is 0 Å². The molecule has 0 aliphatic heterocycles. The van der Waals surface area contributed by atoms with Crippen LogP contribution in [0.15, 0.2) is 48.5 Å². The van der Waals surface area contributed by atoms with Gasteiger partial charge in [-0.3, -0.25) is 9.59 Å². The van der Waals surface area contributed by atoms with Crippen LogP contribution in [0.25, 0.3) is 0 Å². The van der Waals surface area contributed by atoms with Gasteiger partial charge in [0.15, 0.2) is 0 Å². The minimum absolute atomic E-state index is 0.117. The molecular formula is C23H28Cl2N2O2. The van der Waals surface area contributed by atoms with Gasteiger partial charge in [0.2, 0.25) is 11.8 Å². The first-order chi connectivity index (χ1) is 13.8. The Morgan fingerprint density at radius 3 is 2.34 bits per heavy atom. The van der Waals surface area contributed by atoms with Crippen molar-refractivity contribution in [2.75, 3.05) is 6.54 Å². The average Bonchev–Trinajstić information content (AvgIpc) is 2.68. The lowest BCUT2D eigenvalue weighted by Gasteiger charge is -2.31. The molecule has 1 atom stereocenters. The molecule has 1 N–H and O–H groups in total. The molecule has 156 valence electrons. The molecule has 0 aliphatic carbocycles. The normalized spacial score (nSPS) is 11.9. The Balaban J connectivity index is 2.29. The number of benzene rings is 2. The fourth-order valence-corrected chi connectivity index (χ4v) is 3.52. The zero-order valence-electron chi connectivity index (χ0n) is 17.1. The number of rotatable bonds is 9. The molecule has 2 aromatic rings. The molecule has 2 amide bonds. The summed E-state index contributed by atoms with van der Waals surface area (Å²) in [6, 6.07) is 14.1. The van der Waals surface area contributed by atoms with E-state index < -0.39 is 6.04 Å². The Labute approximate surface area is 183 Å². The van der Waals surface area contributed by atoms with Crippen LogP contribution >= 0.6 is 23.2 Å². The smallest absolute Gasteiger partial charge is 0.242 e. The minimum atomic E-state index is -0.572. The highest BCUT2D eigenvalue weighted by Crippen LogP contribution is 2.24. The molecule has 2 aromatic carbocycles. The molecule has 0 spiro atoms. The number of halogens is 2. The van der Waals surface area contributed by atoms with Crippen molar-refractivity contribution in [1.82, 2.24) is 10.2 Å². The van der Waals surface area contributed by atoms with Gasteiger partial charge in [0, 0.05) is 23.1 Å². The van der Waals surface area contributed by atoms with E-state index in [2.05, 4.69) is 5.32 Å². The molecule has 0 bridgehead atoms. The van der Waals surface area contributed by atoms with E-state index in [1.807, 2.05) is 51.1 Å². The lowest BCUT2D eigenvalue weighted by molar-refractivity contribution is -0.141. The van der Waals surface area contributed by atoms with Crippen LogP contribution in [-0.4, -0.2) is 29.3 Å². The van der Waals surface area contributed by atoms with E-state index in [4.69, 9.17) is 23.2 Å². The molecule has 6 heteroatoms. The number of nitrogens with zero attached hydrogens (tertiary/aromatic N) is 1. The van der Waals surface area contributed by atoms with Crippen molar-refractivity contribution in [2.24, 2.45) is 5.92 Å². The van der Waals surface area contributed by atoms with Crippen LogP contribution in [0.5, 0.6) is 0 Å². The standard InChI is InChI=1S/C23H28Cl2N2O2/c1-4-21(23(29)26-14-16(2)3)27(15-18-10-11-19(24)13-20(18)25)22(28)12-17-8-6-5-7-9-17/h5-11,13,16,21H,4,12,14-15H2,1-3H3,(H,26,29)/t21-/m1/s1. The van der Waals surface area contributed by atoms with Gasteiger partial charge in [0.05, 0.1) is 6.42 Å². The summed E-state index contributed by atoms with van der Waals surface area (Å²) in [7, 11) is 0. The maximum atomic E-state index is 13.2. The summed E-state index contributed by atoms with van der Waals surface area (Å²) < 4.78 is 0. The van der Waals surface area contributed by atoms with Crippen molar-refractivity contribution in [3.05, 3.63) is 69.7 Å². The van der Waals surface area contributed by atoms with Gasteiger partial charge in [-0.1, -0.05) is 80.4 Å². The fraction of sp³-hybridized carbons (Fsp3) is 0.391. The highest BCUT2D eigenvalue weighted by Gasteiger charge is 2.29. The highest BCUT2D eigenvalue weighted by atomic mass is 35.5. The summed E-state index contributed by atoms with van der Waals surface area (Å²) in [5, 5.41) is 3.96. The number of carbonyl (C=O) groups excluding carboxylic acids is 2. The van der Waals surface area contributed by atoms with Crippen LogP contribution in [0.3, 0.4) is 0 Å². The second kappa shape index (κ2) is 11.2. The number of amides is 2. The third-order valence-electron chi connectivity index (χ3n) is 4.62. The average molecular weight is 435 g/mol. The van der Waals surface area contributed by atoms with Crippen molar-refractivity contribution < 1.29 is 9.59 Å². The van der Waals surface area contributed by atoms with Crippen molar-refractivity contribution in [2.45, 2.75) is 46.2 Å². The van der Waals surface area contributed by atoms with Crippen molar-refractivity contribution in [1.29, 1.82) is 0 Å². The highest BCUT2D eigenvalue weighted by molar-refractivity contribution is 6.35. The molecule has 29 heavy (non-hydrogen) atoms. The largest absolute Gasteiger partial charge is 0.354 e. The Kier molecular flexibility index (Phi) is 8.99. The lowest BCUT2D eigenvalue weighted by Crippen LogP contribution is -2.50. The van der Waals surface area contributed by atoms with Crippen LogP contribution in [0.2, 0.25) is 10.0 Å². The van der Waals surface area contributed by atoms with Gasteiger partial charge in [-0.2, -0.15) is 0 Å². The molecule has 4 nitrogen and oxygen atoms in total. The van der Waals surface area contributed by atoms with Crippen LogP contribution in [0.4, 0.5) is 0 Å². The molecule has 2 rings (SSSR count).